The second kappa shape index (κ2) is 22.3. The van der Waals surface area contributed by atoms with E-state index in [0.29, 0.717) is 12.1 Å². The number of phosphoric ester groups is 1. The maximum Gasteiger partial charge on any atom is 0.524 e. The summed E-state index contributed by atoms with van der Waals surface area (Å²) in [5, 5.41) is 41.7. The van der Waals surface area contributed by atoms with Crippen LogP contribution >= 0.6 is 7.82 Å². The van der Waals surface area contributed by atoms with Gasteiger partial charge < -0.3 is 62.9 Å². The number of nitrogens with zero attached hydrogens (tertiary/aromatic N) is 1. The molecule has 1 heterocycles. The van der Waals surface area contributed by atoms with E-state index in [0.717, 1.165) is 12.1 Å². The van der Waals surface area contributed by atoms with Gasteiger partial charge in [0, 0.05) is 31.2 Å². The molecule has 0 spiro atoms. The first-order valence-corrected chi connectivity index (χ1v) is 19.1. The van der Waals surface area contributed by atoms with Crippen molar-refractivity contribution < 1.29 is 67.8 Å². The molecule has 6 amide bonds. The molecule has 0 unspecified atom stereocenters. The van der Waals surface area contributed by atoms with Crippen LogP contribution in [0.3, 0.4) is 0 Å². The van der Waals surface area contributed by atoms with Crippen LogP contribution in [-0.2, 0) is 51.0 Å². The molecule has 24 heteroatoms. The van der Waals surface area contributed by atoms with Gasteiger partial charge >= 0.3 is 13.8 Å². The second-order valence-electron chi connectivity index (χ2n) is 13.1. The van der Waals surface area contributed by atoms with Gasteiger partial charge in [-0.15, -0.1) is 0 Å². The van der Waals surface area contributed by atoms with Crippen molar-refractivity contribution in [3.8, 4) is 5.75 Å². The third-order valence-electron chi connectivity index (χ3n) is 8.52. The van der Waals surface area contributed by atoms with Gasteiger partial charge in [0.15, 0.2) is 0 Å². The molecule has 2 rings (SSSR count). The van der Waals surface area contributed by atoms with Gasteiger partial charge in [0.2, 0.25) is 35.4 Å². The fourth-order valence-corrected chi connectivity index (χ4v) is 5.55. The fraction of sp³-hybridized carbons (Fsp3) is 0.515. The van der Waals surface area contributed by atoms with Crippen molar-refractivity contribution in [1.82, 2.24) is 36.6 Å². The predicted molar refractivity (Wildman–Crippen MR) is 197 cm³/mol. The number of hydrogen-bond donors (Lipinski definition) is 13. The molecule has 0 fully saturated rings. The van der Waals surface area contributed by atoms with Crippen LogP contribution < -0.4 is 42.6 Å². The summed E-state index contributed by atoms with van der Waals surface area (Å²) >= 11 is 0. The molecule has 0 aliphatic carbocycles. The average molecular weight is 828 g/mol. The first-order valence-electron chi connectivity index (χ1n) is 17.5. The van der Waals surface area contributed by atoms with Crippen LogP contribution in [0.25, 0.3) is 0 Å². The molecule has 0 saturated heterocycles. The van der Waals surface area contributed by atoms with Gasteiger partial charge in [0.1, 0.15) is 36.0 Å². The highest BCUT2D eigenvalue weighted by molar-refractivity contribution is 7.46. The maximum absolute atomic E-state index is 13.7. The highest BCUT2D eigenvalue weighted by atomic mass is 31.2. The second-order valence-corrected chi connectivity index (χ2v) is 14.3. The molecule has 2 aromatic rings. The summed E-state index contributed by atoms with van der Waals surface area (Å²) in [4.78, 5) is 115. The summed E-state index contributed by atoms with van der Waals surface area (Å²) in [6, 6.07) is -4.34. The molecule has 316 valence electrons. The number of carboxylic acids is 1. The van der Waals surface area contributed by atoms with Crippen LogP contribution in [0.5, 0.6) is 5.75 Å². The van der Waals surface area contributed by atoms with Crippen LogP contribution in [0, 0.1) is 5.92 Å². The molecule has 0 saturated carbocycles. The van der Waals surface area contributed by atoms with Crippen LogP contribution in [0.1, 0.15) is 51.3 Å². The Balaban J connectivity index is 2.36. The highest BCUT2D eigenvalue weighted by Gasteiger charge is 2.35. The third-order valence-corrected chi connectivity index (χ3v) is 8.97. The molecule has 0 radical (unpaired) electrons. The lowest BCUT2D eigenvalue weighted by Gasteiger charge is -2.27. The van der Waals surface area contributed by atoms with Crippen LogP contribution in [-0.4, -0.2) is 125 Å². The van der Waals surface area contributed by atoms with Crippen molar-refractivity contribution in [3.63, 3.8) is 0 Å². The highest BCUT2D eigenvalue weighted by Crippen LogP contribution is 2.37. The summed E-state index contributed by atoms with van der Waals surface area (Å²) in [5.74, 6) is -8.18. The smallest absolute Gasteiger partial charge is 0.480 e. The summed E-state index contributed by atoms with van der Waals surface area (Å²) in [5.41, 5.74) is 12.0. The molecule has 8 atom stereocenters. The minimum atomic E-state index is -4.92. The van der Waals surface area contributed by atoms with Crippen LogP contribution in [0.4, 0.5) is 0 Å². The van der Waals surface area contributed by atoms with E-state index in [1.165, 1.54) is 31.6 Å². The van der Waals surface area contributed by atoms with Crippen molar-refractivity contribution >= 4 is 49.2 Å². The van der Waals surface area contributed by atoms with Gasteiger partial charge in [-0.1, -0.05) is 32.4 Å². The minimum absolute atomic E-state index is 0.0135. The van der Waals surface area contributed by atoms with Gasteiger partial charge in [0.25, 0.3) is 0 Å². The number of primary amides is 1. The van der Waals surface area contributed by atoms with Gasteiger partial charge in [0.05, 0.1) is 25.1 Å². The van der Waals surface area contributed by atoms with Gasteiger partial charge in [-0.05, 0) is 37.0 Å². The number of aromatic amines is 1. The lowest BCUT2D eigenvalue weighted by atomic mass is 9.98. The Morgan fingerprint density at radius 2 is 1.40 bits per heavy atom. The summed E-state index contributed by atoms with van der Waals surface area (Å²) in [6.45, 7) is 3.38. The van der Waals surface area contributed by atoms with E-state index >= 15 is 0 Å². The van der Waals surface area contributed by atoms with Gasteiger partial charge in [-0.2, -0.15) is 0 Å². The number of carbonyl (C=O) groups excluding carboxylic acids is 6. The molecule has 0 aliphatic rings. The molecule has 15 N–H and O–H groups in total. The van der Waals surface area contributed by atoms with Crippen molar-refractivity contribution in [3.05, 3.63) is 48.0 Å². The monoisotopic (exact) mass is 827 g/mol. The third kappa shape index (κ3) is 16.3. The Morgan fingerprint density at radius 1 is 0.842 bits per heavy atom. The lowest BCUT2D eigenvalue weighted by Crippen LogP contribution is -2.61. The number of nitrogens with two attached hydrogens (primary N) is 2. The number of aliphatic carboxylic acids is 1. The summed E-state index contributed by atoms with van der Waals surface area (Å²) in [6.07, 6.45) is 0.414. The van der Waals surface area contributed by atoms with E-state index in [4.69, 9.17) is 21.3 Å². The fourth-order valence-electron chi connectivity index (χ4n) is 5.15. The van der Waals surface area contributed by atoms with Crippen LogP contribution in [0.2, 0.25) is 0 Å². The number of H-pyrrole nitrogens is 1. The van der Waals surface area contributed by atoms with E-state index in [9.17, 15) is 53.4 Å². The summed E-state index contributed by atoms with van der Waals surface area (Å²) in [7, 11) is -4.92. The first-order chi connectivity index (χ1) is 26.6. The molecule has 1 aromatic carbocycles. The van der Waals surface area contributed by atoms with Crippen molar-refractivity contribution in [2.45, 2.75) is 95.2 Å². The Kier molecular flexibility index (Phi) is 18.7. The topological polar surface area (TPSA) is 388 Å². The zero-order chi connectivity index (χ0) is 43.0. The van der Waals surface area contributed by atoms with E-state index in [2.05, 4.69) is 41.1 Å². The number of benzene rings is 1. The van der Waals surface area contributed by atoms with Gasteiger partial charge in [-0.3, -0.25) is 38.6 Å². The number of imidazole rings is 1. The molecule has 23 nitrogen and oxygen atoms in total. The lowest BCUT2D eigenvalue weighted by molar-refractivity contribution is -0.144. The number of nitrogens with one attached hydrogen (secondary N) is 6. The van der Waals surface area contributed by atoms with Gasteiger partial charge in [-0.25, -0.2) is 14.3 Å². The quantitative estimate of drug-likeness (QED) is 0.0451. The molecule has 57 heavy (non-hydrogen) atoms. The molecule has 0 bridgehead atoms. The zero-order valence-electron chi connectivity index (χ0n) is 31.3. The molecule has 1 aromatic heterocycles. The normalized spacial score (nSPS) is 15.6. The van der Waals surface area contributed by atoms with E-state index < -0.39 is 111 Å². The molecular weight excluding hydrogens is 777 g/mol. The SMILES string of the molecule is CC[C@H](C)[C@H](NC(=O)[C@H](CCC(N)=O)NC(=O)[C@H](CO)NC(=O)[C@H](Cc1ccc(OP(=O)(O)O)cc1)NC(=O)[C@@H](NC(=O)[C@@H](N)Cc1cnc[nH]1)[C@@H](C)O)C(=O)O. The number of rotatable bonds is 24. The standard InChI is InChI=1S/C33H50N9O14P/c1-4-16(2)26(33(51)52)41-29(47)22(9-10-25(35)45)38-31(49)24(14-43)40-30(48)23(11-18-5-7-20(8-6-18)56-57(53,54)55)39-32(50)27(17(3)44)42-28(46)21(34)12-19-13-36-15-37-19/h5-8,13,15-17,21-24,26-27,43-44H,4,9-12,14,34H2,1-3H3,(H2,35,45)(H,36,37)(H,38,49)(H,39,50)(H,40,48)(H,41,47)(H,42,46)(H,51,52)(H2,53,54,55)/t16-,17+,21-,22-,23-,24-,26-,27-/m0/s1. The Bertz CT molecular complexity index is 1740. The number of aliphatic hydroxyl groups excluding tert-OH is 2. The number of aromatic nitrogens is 2. The zero-order valence-corrected chi connectivity index (χ0v) is 32.2. The minimum Gasteiger partial charge on any atom is -0.480 e. The van der Waals surface area contributed by atoms with E-state index in [1.54, 1.807) is 13.8 Å². The summed E-state index contributed by atoms with van der Waals surface area (Å²) < 4.78 is 15.8. The average Bonchev–Trinajstić information content (AvgIpc) is 3.65. The first kappa shape index (κ1) is 47.7. The number of phosphoric acid groups is 1. The van der Waals surface area contributed by atoms with Crippen molar-refractivity contribution in [1.29, 1.82) is 0 Å². The molecule has 0 aliphatic heterocycles. The number of hydrogen-bond acceptors (Lipinski definition) is 13. The van der Waals surface area contributed by atoms with Crippen molar-refractivity contribution in [2.24, 2.45) is 17.4 Å². The number of carboxylic acid groups (broad SMARTS) is 1. The Hall–Kier alpha value is -5.45. The number of amides is 6. The largest absolute Gasteiger partial charge is 0.524 e. The van der Waals surface area contributed by atoms with Crippen molar-refractivity contribution in [2.75, 3.05) is 6.61 Å². The number of aliphatic hydroxyl groups is 2. The molecular formula is C33H50N9O14P. The Morgan fingerprint density at radius 3 is 1.91 bits per heavy atom. The van der Waals surface area contributed by atoms with Crippen LogP contribution in [0.15, 0.2) is 36.8 Å². The Labute approximate surface area is 326 Å². The maximum atomic E-state index is 13.7. The predicted octanol–water partition coefficient (Wildman–Crippen LogP) is -3.81. The van der Waals surface area contributed by atoms with E-state index in [-0.39, 0.29) is 30.6 Å². The number of carbonyl (C=O) groups is 7. The van der Waals surface area contributed by atoms with E-state index in [1.807, 2.05) is 0 Å².